The molecule has 21 heavy (non-hydrogen) atoms. The van der Waals surface area contributed by atoms with Crippen LogP contribution in [-0.4, -0.2) is 35.9 Å². The number of hydroxylamine groups is 2. The highest BCUT2D eigenvalue weighted by molar-refractivity contribution is 5.88. The molecule has 6 heteroatoms. The van der Waals surface area contributed by atoms with E-state index in [0.29, 0.717) is 32.4 Å². The van der Waals surface area contributed by atoms with Crippen LogP contribution in [0.2, 0.25) is 0 Å². The van der Waals surface area contributed by atoms with Crippen LogP contribution in [0.4, 0.5) is 0 Å². The molecule has 0 aliphatic heterocycles. The minimum atomic E-state index is -0.603. The summed E-state index contributed by atoms with van der Waals surface area (Å²) in [5.74, 6) is -0.729. The zero-order valence-electron chi connectivity index (χ0n) is 13.4. The van der Waals surface area contributed by atoms with Crippen LogP contribution in [0, 0.1) is 5.92 Å². The maximum Gasteiger partial charge on any atom is 0.358 e. The molecule has 0 aromatic rings. The highest BCUT2D eigenvalue weighted by atomic mass is 16.7. The van der Waals surface area contributed by atoms with Crippen LogP contribution >= 0.6 is 0 Å². The van der Waals surface area contributed by atoms with E-state index in [4.69, 9.17) is 4.84 Å². The first kappa shape index (κ1) is 19.1. The molecule has 1 N–H and O–H groups in total. The quantitative estimate of drug-likeness (QED) is 0.421. The molecule has 0 unspecified atom stereocenters. The predicted molar refractivity (Wildman–Crippen MR) is 80.0 cm³/mol. The fourth-order valence-corrected chi connectivity index (χ4v) is 1.50. The van der Waals surface area contributed by atoms with Crippen LogP contribution in [0.25, 0.3) is 0 Å². The molecule has 2 amide bonds. The molecule has 0 radical (unpaired) electrons. The maximum absolute atomic E-state index is 12.0. The summed E-state index contributed by atoms with van der Waals surface area (Å²) in [5.41, 5.74) is 0.246. The van der Waals surface area contributed by atoms with Crippen molar-refractivity contribution in [3.63, 3.8) is 0 Å². The molecule has 0 heterocycles. The van der Waals surface area contributed by atoms with Gasteiger partial charge in [0.25, 0.3) is 5.91 Å². The fourth-order valence-electron chi connectivity index (χ4n) is 1.50. The van der Waals surface area contributed by atoms with Crippen molar-refractivity contribution < 1.29 is 19.2 Å². The molecule has 0 fully saturated rings. The topological polar surface area (TPSA) is 75.7 Å². The van der Waals surface area contributed by atoms with Crippen molar-refractivity contribution in [3.8, 4) is 0 Å². The van der Waals surface area contributed by atoms with Gasteiger partial charge in [0.05, 0.1) is 6.54 Å². The zero-order valence-corrected chi connectivity index (χ0v) is 13.4. The van der Waals surface area contributed by atoms with Crippen LogP contribution in [0.3, 0.4) is 0 Å². The lowest BCUT2D eigenvalue weighted by Crippen LogP contribution is -2.35. The summed E-state index contributed by atoms with van der Waals surface area (Å²) in [7, 11) is 0. The number of rotatable bonds is 8. The van der Waals surface area contributed by atoms with Crippen LogP contribution < -0.4 is 5.32 Å². The average Bonchev–Trinajstić information content (AvgIpc) is 2.35. The predicted octanol–water partition coefficient (Wildman–Crippen LogP) is 1.81. The summed E-state index contributed by atoms with van der Waals surface area (Å²) < 4.78 is 0. The molecule has 0 saturated heterocycles. The lowest BCUT2D eigenvalue weighted by molar-refractivity contribution is -0.195. The molecule has 0 aliphatic rings. The molecule has 0 aliphatic carbocycles. The molecular weight excluding hydrogens is 272 g/mol. The number of carbonyl (C=O) groups excluding carboxylic acids is 3. The van der Waals surface area contributed by atoms with Crippen molar-refractivity contribution in [1.29, 1.82) is 0 Å². The van der Waals surface area contributed by atoms with Gasteiger partial charge >= 0.3 is 5.97 Å². The minimum absolute atomic E-state index is 0.0866. The fraction of sp³-hybridized carbons (Fsp3) is 0.667. The van der Waals surface area contributed by atoms with Gasteiger partial charge < -0.3 is 10.2 Å². The van der Waals surface area contributed by atoms with E-state index < -0.39 is 5.97 Å². The minimum Gasteiger partial charge on any atom is -0.356 e. The van der Waals surface area contributed by atoms with Crippen molar-refractivity contribution in [2.24, 2.45) is 5.92 Å². The SMILES string of the molecule is C=C(C)C(=O)ON(CCCCNC(C)=O)C(=O)CC(C)C. The molecular formula is C15H26N2O4. The van der Waals surface area contributed by atoms with E-state index in [0.717, 1.165) is 5.06 Å². The Bertz CT molecular complexity index is 391. The van der Waals surface area contributed by atoms with Crippen LogP contribution in [0.1, 0.15) is 47.0 Å². The molecule has 0 bridgehead atoms. The summed E-state index contributed by atoms with van der Waals surface area (Å²) in [4.78, 5) is 39.4. The van der Waals surface area contributed by atoms with Gasteiger partial charge in [0.2, 0.25) is 5.91 Å². The number of hydrogen-bond acceptors (Lipinski definition) is 4. The van der Waals surface area contributed by atoms with Crippen LogP contribution in [-0.2, 0) is 19.2 Å². The van der Waals surface area contributed by atoms with E-state index in [2.05, 4.69) is 11.9 Å². The van der Waals surface area contributed by atoms with Crippen molar-refractivity contribution in [1.82, 2.24) is 10.4 Å². The number of nitrogens with zero attached hydrogens (tertiary/aromatic N) is 1. The van der Waals surface area contributed by atoms with Crippen molar-refractivity contribution in [2.45, 2.75) is 47.0 Å². The summed E-state index contributed by atoms with van der Waals surface area (Å²) >= 11 is 0. The van der Waals surface area contributed by atoms with Gasteiger partial charge in [-0.25, -0.2) is 4.79 Å². The molecule has 0 atom stereocenters. The largest absolute Gasteiger partial charge is 0.358 e. The Kier molecular flexibility index (Phi) is 9.08. The smallest absolute Gasteiger partial charge is 0.356 e. The Labute approximate surface area is 126 Å². The maximum atomic E-state index is 12.0. The van der Waals surface area contributed by atoms with E-state index in [-0.39, 0.29) is 23.3 Å². The monoisotopic (exact) mass is 298 g/mol. The average molecular weight is 298 g/mol. The van der Waals surface area contributed by atoms with E-state index >= 15 is 0 Å². The third kappa shape index (κ3) is 9.65. The summed E-state index contributed by atoms with van der Waals surface area (Å²) in [6.07, 6.45) is 1.65. The van der Waals surface area contributed by atoms with Crippen LogP contribution in [0.5, 0.6) is 0 Å². The second-order valence-corrected chi connectivity index (χ2v) is 5.44. The number of nitrogens with one attached hydrogen (secondary N) is 1. The second-order valence-electron chi connectivity index (χ2n) is 5.44. The standard InChI is InChI=1S/C15H26N2O4/c1-11(2)10-14(19)17(21-15(20)12(3)4)9-7-6-8-16-13(5)18/h11H,3,6-10H2,1-2,4-5H3,(H,16,18). The third-order valence-electron chi connectivity index (χ3n) is 2.56. The third-order valence-corrected chi connectivity index (χ3v) is 2.56. The summed E-state index contributed by atoms with van der Waals surface area (Å²) in [5, 5.41) is 3.78. The molecule has 120 valence electrons. The number of amides is 2. The van der Waals surface area contributed by atoms with Gasteiger partial charge in [-0.2, -0.15) is 5.06 Å². The van der Waals surface area contributed by atoms with Crippen LogP contribution in [0.15, 0.2) is 12.2 Å². The van der Waals surface area contributed by atoms with Gasteiger partial charge in [0.15, 0.2) is 0 Å². The van der Waals surface area contributed by atoms with Crippen molar-refractivity contribution in [2.75, 3.05) is 13.1 Å². The first-order valence-corrected chi connectivity index (χ1v) is 7.16. The van der Waals surface area contributed by atoms with E-state index in [9.17, 15) is 14.4 Å². The van der Waals surface area contributed by atoms with E-state index in [1.165, 1.54) is 13.8 Å². The second kappa shape index (κ2) is 9.96. The van der Waals surface area contributed by atoms with Gasteiger partial charge in [0, 0.05) is 25.5 Å². The first-order chi connectivity index (χ1) is 9.73. The molecule has 0 spiro atoms. The van der Waals surface area contributed by atoms with E-state index in [1.54, 1.807) is 0 Å². The van der Waals surface area contributed by atoms with E-state index in [1.807, 2.05) is 13.8 Å². The molecule has 0 rings (SSSR count). The summed E-state index contributed by atoms with van der Waals surface area (Å²) in [6, 6.07) is 0. The normalized spacial score (nSPS) is 10.1. The van der Waals surface area contributed by atoms with Gasteiger partial charge in [-0.1, -0.05) is 20.4 Å². The number of unbranched alkanes of at least 4 members (excludes halogenated alkanes) is 1. The summed E-state index contributed by atoms with van der Waals surface area (Å²) in [6.45, 7) is 11.2. The Morgan fingerprint density at radius 3 is 2.29 bits per heavy atom. The lowest BCUT2D eigenvalue weighted by Gasteiger charge is -2.22. The van der Waals surface area contributed by atoms with Crippen molar-refractivity contribution >= 4 is 17.8 Å². The Morgan fingerprint density at radius 1 is 1.19 bits per heavy atom. The van der Waals surface area contributed by atoms with Gasteiger partial charge in [-0.05, 0) is 25.7 Å². The molecule has 0 saturated carbocycles. The molecule has 0 aromatic carbocycles. The van der Waals surface area contributed by atoms with Gasteiger partial charge in [-0.15, -0.1) is 0 Å². The van der Waals surface area contributed by atoms with Gasteiger partial charge in [0.1, 0.15) is 0 Å². The molecule has 6 nitrogen and oxygen atoms in total. The lowest BCUT2D eigenvalue weighted by atomic mass is 10.1. The van der Waals surface area contributed by atoms with Gasteiger partial charge in [-0.3, -0.25) is 9.59 Å². The van der Waals surface area contributed by atoms with Crippen molar-refractivity contribution in [3.05, 3.63) is 12.2 Å². The highest BCUT2D eigenvalue weighted by Crippen LogP contribution is 2.08. The first-order valence-electron chi connectivity index (χ1n) is 7.16. The Balaban J connectivity index is 4.37. The number of hydrogen-bond donors (Lipinski definition) is 1. The number of carbonyl (C=O) groups is 3. The Morgan fingerprint density at radius 2 is 1.81 bits per heavy atom. The Hall–Kier alpha value is -1.85. The highest BCUT2D eigenvalue weighted by Gasteiger charge is 2.19. The zero-order chi connectivity index (χ0) is 16.4. The molecule has 0 aromatic heterocycles.